The monoisotopic (exact) mass is 345 g/mol. The normalized spacial score (nSPS) is 18.7. The van der Waals surface area contributed by atoms with E-state index < -0.39 is 0 Å². The van der Waals surface area contributed by atoms with Crippen LogP contribution in [0.5, 0.6) is 0 Å². The third kappa shape index (κ3) is 2.92. The smallest absolute Gasteiger partial charge is 0.155 e. The van der Waals surface area contributed by atoms with Crippen molar-refractivity contribution in [2.24, 2.45) is 5.73 Å². The number of rotatable bonds is 4. The number of nitrogens with zero attached hydrogens (tertiary/aromatic N) is 2. The number of benzene rings is 2. The number of halogens is 1. The summed E-state index contributed by atoms with van der Waals surface area (Å²) in [5.74, 6) is 0. The molecule has 0 radical (unpaired) electrons. The molecular formula is C17H20BrN3. The Morgan fingerprint density at radius 1 is 1.00 bits per heavy atom. The van der Waals surface area contributed by atoms with E-state index in [-0.39, 0.29) is 6.29 Å². The highest BCUT2D eigenvalue weighted by Crippen LogP contribution is 2.39. The molecule has 1 aliphatic rings. The molecule has 3 rings (SSSR count). The van der Waals surface area contributed by atoms with Crippen LogP contribution >= 0.6 is 15.9 Å². The molecule has 0 aliphatic carbocycles. The highest BCUT2D eigenvalue weighted by atomic mass is 79.9. The van der Waals surface area contributed by atoms with Crippen molar-refractivity contribution in [3.8, 4) is 0 Å². The van der Waals surface area contributed by atoms with Gasteiger partial charge in [0.2, 0.25) is 0 Å². The van der Waals surface area contributed by atoms with Crippen molar-refractivity contribution in [1.82, 2.24) is 0 Å². The molecule has 2 unspecified atom stereocenters. The lowest BCUT2D eigenvalue weighted by atomic mass is 10.2. The number of nitrogens with two attached hydrogens (primary N) is 1. The van der Waals surface area contributed by atoms with E-state index in [0.717, 1.165) is 13.1 Å². The van der Waals surface area contributed by atoms with Crippen LogP contribution in [0, 0.1) is 0 Å². The molecule has 0 saturated carbocycles. The number of hydrogen-bond donors (Lipinski definition) is 1. The molecule has 0 aromatic heterocycles. The summed E-state index contributed by atoms with van der Waals surface area (Å²) in [6.07, 6.45) is -0.123. The molecule has 2 N–H and O–H groups in total. The van der Waals surface area contributed by atoms with Gasteiger partial charge in [0.15, 0.2) is 6.29 Å². The van der Waals surface area contributed by atoms with Gasteiger partial charge in [0, 0.05) is 17.9 Å². The van der Waals surface area contributed by atoms with Crippen molar-refractivity contribution in [2.75, 3.05) is 16.3 Å². The molecule has 3 nitrogen and oxygen atoms in total. The first kappa shape index (κ1) is 14.4. The Labute approximate surface area is 134 Å². The maximum atomic E-state index is 6.50. The van der Waals surface area contributed by atoms with Crippen LogP contribution in [0.25, 0.3) is 0 Å². The average molecular weight is 346 g/mol. The summed E-state index contributed by atoms with van der Waals surface area (Å²) >= 11 is 3.63. The van der Waals surface area contributed by atoms with Crippen molar-refractivity contribution < 1.29 is 0 Å². The van der Waals surface area contributed by atoms with E-state index in [1.165, 1.54) is 16.9 Å². The number of anilines is 2. The van der Waals surface area contributed by atoms with Crippen LogP contribution in [0.2, 0.25) is 0 Å². The third-order valence-corrected chi connectivity index (χ3v) is 4.07. The minimum absolute atomic E-state index is 0.123. The van der Waals surface area contributed by atoms with Crippen LogP contribution in [-0.4, -0.2) is 17.7 Å². The minimum atomic E-state index is -0.123. The van der Waals surface area contributed by atoms with Crippen LogP contribution in [0.4, 0.5) is 11.4 Å². The summed E-state index contributed by atoms with van der Waals surface area (Å²) in [7, 11) is 0. The van der Waals surface area contributed by atoms with Crippen molar-refractivity contribution in [3.63, 3.8) is 0 Å². The van der Waals surface area contributed by atoms with Gasteiger partial charge in [0.25, 0.3) is 0 Å². The second-order valence-corrected chi connectivity index (χ2v) is 7.01. The van der Waals surface area contributed by atoms with E-state index in [1.54, 1.807) is 0 Å². The quantitative estimate of drug-likeness (QED) is 0.860. The first-order valence-electron chi connectivity index (χ1n) is 7.22. The molecule has 1 aliphatic heterocycles. The Kier molecular flexibility index (Phi) is 4.17. The lowest BCUT2D eigenvalue weighted by Gasteiger charge is -2.30. The fourth-order valence-corrected chi connectivity index (χ4v) is 3.15. The van der Waals surface area contributed by atoms with Crippen molar-refractivity contribution >= 4 is 27.3 Å². The summed E-state index contributed by atoms with van der Waals surface area (Å²) in [6.45, 7) is 3.87. The van der Waals surface area contributed by atoms with E-state index in [0.29, 0.717) is 4.83 Å². The summed E-state index contributed by atoms with van der Waals surface area (Å²) < 4.78 is 0. The first-order valence-corrected chi connectivity index (χ1v) is 8.14. The highest BCUT2D eigenvalue weighted by Gasteiger charge is 2.33. The molecule has 21 heavy (non-hydrogen) atoms. The van der Waals surface area contributed by atoms with Crippen molar-refractivity contribution in [3.05, 3.63) is 60.2 Å². The van der Waals surface area contributed by atoms with Gasteiger partial charge in [-0.15, -0.1) is 0 Å². The van der Waals surface area contributed by atoms with E-state index in [9.17, 15) is 0 Å². The van der Waals surface area contributed by atoms with Gasteiger partial charge in [-0.1, -0.05) is 65.3 Å². The van der Waals surface area contributed by atoms with Crippen molar-refractivity contribution in [2.45, 2.75) is 24.6 Å². The molecule has 4 heteroatoms. The summed E-state index contributed by atoms with van der Waals surface area (Å²) in [6, 6.07) is 18.9. The Hall–Kier alpha value is -1.52. The second-order valence-electron chi connectivity index (χ2n) is 5.45. The fourth-order valence-electron chi connectivity index (χ4n) is 2.84. The van der Waals surface area contributed by atoms with Gasteiger partial charge < -0.3 is 9.80 Å². The summed E-state index contributed by atoms with van der Waals surface area (Å²) in [4.78, 5) is 4.92. The van der Waals surface area contributed by atoms with Crippen LogP contribution < -0.4 is 15.5 Å². The Morgan fingerprint density at radius 2 is 1.57 bits per heavy atom. The molecule has 2 atom stereocenters. The van der Waals surface area contributed by atoms with Gasteiger partial charge >= 0.3 is 0 Å². The molecular weight excluding hydrogens is 326 g/mol. The topological polar surface area (TPSA) is 32.5 Å². The van der Waals surface area contributed by atoms with Gasteiger partial charge in [-0.3, -0.25) is 5.73 Å². The van der Waals surface area contributed by atoms with E-state index >= 15 is 0 Å². The third-order valence-electron chi connectivity index (χ3n) is 3.78. The molecule has 0 spiro atoms. The number of fused-ring (bicyclic) bond motifs is 1. The number of hydrogen-bond acceptors (Lipinski definition) is 3. The SMILES string of the molecule is CC(Br)CN1c2ccccc2N(Cc2ccccc2)C1N. The predicted octanol–water partition coefficient (Wildman–Crippen LogP) is 3.54. The average Bonchev–Trinajstić information content (AvgIpc) is 2.74. The van der Waals surface area contributed by atoms with E-state index in [2.05, 4.69) is 81.2 Å². The molecule has 1 heterocycles. The fraction of sp³-hybridized carbons (Fsp3) is 0.294. The Morgan fingerprint density at radius 3 is 2.19 bits per heavy atom. The lowest BCUT2D eigenvalue weighted by molar-refractivity contribution is 0.595. The van der Waals surface area contributed by atoms with Gasteiger partial charge in [-0.2, -0.15) is 0 Å². The molecule has 0 bridgehead atoms. The molecule has 110 valence electrons. The molecule has 0 fully saturated rings. The lowest BCUT2D eigenvalue weighted by Crippen LogP contribution is -2.51. The van der Waals surface area contributed by atoms with Crippen LogP contribution in [0.3, 0.4) is 0 Å². The van der Waals surface area contributed by atoms with Gasteiger partial charge in [0.05, 0.1) is 11.4 Å². The number of alkyl halides is 1. The summed E-state index contributed by atoms with van der Waals surface area (Å²) in [5, 5.41) is 0. The minimum Gasteiger partial charge on any atom is -0.336 e. The first-order chi connectivity index (χ1) is 10.2. The second kappa shape index (κ2) is 6.08. The maximum Gasteiger partial charge on any atom is 0.155 e. The van der Waals surface area contributed by atoms with E-state index in [1.807, 2.05) is 6.07 Å². The van der Waals surface area contributed by atoms with Gasteiger partial charge in [-0.05, 0) is 17.7 Å². The number of para-hydroxylation sites is 2. The Balaban J connectivity index is 1.91. The zero-order valence-corrected chi connectivity index (χ0v) is 13.7. The van der Waals surface area contributed by atoms with Gasteiger partial charge in [0.1, 0.15) is 0 Å². The molecule has 0 amide bonds. The van der Waals surface area contributed by atoms with Gasteiger partial charge in [-0.25, -0.2) is 0 Å². The van der Waals surface area contributed by atoms with Crippen LogP contribution in [-0.2, 0) is 6.54 Å². The zero-order chi connectivity index (χ0) is 14.8. The standard InChI is InChI=1S/C17H20BrN3/c1-13(18)11-20-15-9-5-6-10-16(15)21(17(20)19)12-14-7-3-2-4-8-14/h2-10,13,17H,11-12,19H2,1H3. The van der Waals surface area contributed by atoms with E-state index in [4.69, 9.17) is 5.73 Å². The maximum absolute atomic E-state index is 6.50. The predicted molar refractivity (Wildman–Crippen MR) is 92.8 cm³/mol. The van der Waals surface area contributed by atoms with Crippen molar-refractivity contribution in [1.29, 1.82) is 0 Å². The molecule has 2 aromatic rings. The van der Waals surface area contributed by atoms with Crippen LogP contribution in [0.15, 0.2) is 54.6 Å². The molecule has 2 aromatic carbocycles. The summed E-state index contributed by atoms with van der Waals surface area (Å²) in [5.41, 5.74) is 10.2. The molecule has 0 saturated heterocycles. The Bertz CT molecular complexity index is 600. The highest BCUT2D eigenvalue weighted by molar-refractivity contribution is 9.09. The largest absolute Gasteiger partial charge is 0.336 e. The zero-order valence-electron chi connectivity index (χ0n) is 12.1. The van der Waals surface area contributed by atoms with Crippen LogP contribution in [0.1, 0.15) is 12.5 Å².